The Kier molecular flexibility index (Phi) is 5.44. The van der Waals surface area contributed by atoms with Gasteiger partial charge in [-0.15, -0.1) is 0 Å². The molecule has 27 heavy (non-hydrogen) atoms. The Hall–Kier alpha value is -2.50. The Bertz CT molecular complexity index is 896. The van der Waals surface area contributed by atoms with Crippen LogP contribution >= 0.6 is 0 Å². The number of rotatable bonds is 4. The summed E-state index contributed by atoms with van der Waals surface area (Å²) in [5.74, 6) is -0.455. The minimum Gasteiger partial charge on any atom is -0.497 e. The molecule has 10 nitrogen and oxygen atoms in total. The molecule has 3 unspecified atom stereocenters. The molecule has 1 aromatic heterocycles. The van der Waals surface area contributed by atoms with Gasteiger partial charge in [-0.25, -0.2) is 4.79 Å². The zero-order valence-corrected chi connectivity index (χ0v) is 14.2. The normalized spacial score (nSPS) is 28.1. The first-order valence-corrected chi connectivity index (χ1v) is 8.09. The number of aliphatic hydroxyl groups is 4. The van der Waals surface area contributed by atoms with E-state index in [1.807, 2.05) is 0 Å². The molecule has 1 saturated heterocycles. The molecule has 3 rings (SSSR count). The Morgan fingerprint density at radius 3 is 2.63 bits per heavy atom. The number of amides is 1. The van der Waals surface area contributed by atoms with Crippen LogP contribution in [0.25, 0.3) is 11.0 Å². The van der Waals surface area contributed by atoms with E-state index in [2.05, 4.69) is 5.32 Å². The van der Waals surface area contributed by atoms with Crippen molar-refractivity contribution in [2.75, 3.05) is 13.7 Å². The Morgan fingerprint density at radius 2 is 1.96 bits per heavy atom. The van der Waals surface area contributed by atoms with E-state index in [4.69, 9.17) is 19.0 Å². The standard InChI is InChI=1S/C17H19NO9/c1-25-8-3-2-7-4-9(16(23)26-10(7)5-8)15(22)18-12-14(21)13(20)11(6-19)27-17(12)24/h2-5,11-14,17,19-21,24H,6H2,1H3,(H,18,22)/t11?,12-,13+,14?,17?/m0/s1. The number of methoxy groups -OCH3 is 1. The third kappa shape index (κ3) is 3.66. The Morgan fingerprint density at radius 1 is 1.22 bits per heavy atom. The lowest BCUT2D eigenvalue weighted by Gasteiger charge is -2.40. The van der Waals surface area contributed by atoms with Crippen molar-refractivity contribution in [3.8, 4) is 5.75 Å². The van der Waals surface area contributed by atoms with E-state index < -0.39 is 48.8 Å². The molecular weight excluding hydrogens is 362 g/mol. The van der Waals surface area contributed by atoms with E-state index in [1.165, 1.54) is 19.2 Å². The molecule has 146 valence electrons. The number of carbonyl (C=O) groups is 1. The van der Waals surface area contributed by atoms with Crippen molar-refractivity contribution in [3.05, 3.63) is 40.2 Å². The van der Waals surface area contributed by atoms with E-state index in [-0.39, 0.29) is 11.1 Å². The fourth-order valence-electron chi connectivity index (χ4n) is 2.86. The average molecular weight is 381 g/mol. The SMILES string of the molecule is COc1ccc2cc(C(=O)N[C@@H]3C(O)OC(CO)[C@@H](O)C3O)c(=O)oc2c1. The van der Waals surface area contributed by atoms with Gasteiger partial charge in [0, 0.05) is 11.5 Å². The molecule has 1 aliphatic rings. The molecule has 1 fully saturated rings. The van der Waals surface area contributed by atoms with Crippen molar-refractivity contribution < 1.29 is 39.1 Å². The van der Waals surface area contributed by atoms with E-state index in [1.54, 1.807) is 12.1 Å². The zero-order valence-electron chi connectivity index (χ0n) is 14.2. The van der Waals surface area contributed by atoms with E-state index >= 15 is 0 Å². The molecule has 0 aliphatic carbocycles. The molecule has 0 spiro atoms. The van der Waals surface area contributed by atoms with E-state index in [0.717, 1.165) is 0 Å². The van der Waals surface area contributed by atoms with Gasteiger partial charge in [0.25, 0.3) is 5.91 Å². The number of hydrogen-bond acceptors (Lipinski definition) is 9. The van der Waals surface area contributed by atoms with Crippen LogP contribution in [0.3, 0.4) is 0 Å². The highest BCUT2D eigenvalue weighted by Crippen LogP contribution is 2.22. The van der Waals surface area contributed by atoms with Crippen molar-refractivity contribution in [2.45, 2.75) is 30.6 Å². The summed E-state index contributed by atoms with van der Waals surface area (Å²) in [7, 11) is 1.46. The van der Waals surface area contributed by atoms with E-state index in [9.17, 15) is 24.9 Å². The molecule has 5 atom stereocenters. The zero-order chi connectivity index (χ0) is 19.7. The molecular formula is C17H19NO9. The second-order valence-electron chi connectivity index (χ2n) is 6.08. The Balaban J connectivity index is 1.85. The molecule has 2 aromatic rings. The maximum absolute atomic E-state index is 12.4. The predicted molar refractivity (Wildman–Crippen MR) is 90.3 cm³/mol. The van der Waals surface area contributed by atoms with Gasteiger partial charge in [-0.1, -0.05) is 0 Å². The third-order valence-corrected chi connectivity index (χ3v) is 4.39. The van der Waals surface area contributed by atoms with Gasteiger partial charge in [0.05, 0.1) is 13.7 Å². The van der Waals surface area contributed by atoms with Gasteiger partial charge >= 0.3 is 5.63 Å². The summed E-state index contributed by atoms with van der Waals surface area (Å²) in [5, 5.41) is 41.6. The van der Waals surface area contributed by atoms with Crippen molar-refractivity contribution in [3.63, 3.8) is 0 Å². The fourth-order valence-corrected chi connectivity index (χ4v) is 2.86. The highest BCUT2D eigenvalue weighted by molar-refractivity contribution is 5.97. The average Bonchev–Trinajstić information content (AvgIpc) is 2.66. The van der Waals surface area contributed by atoms with Crippen molar-refractivity contribution in [2.24, 2.45) is 0 Å². The molecule has 1 aliphatic heterocycles. The number of fused-ring (bicyclic) bond motifs is 1. The molecule has 10 heteroatoms. The van der Waals surface area contributed by atoms with Crippen LogP contribution in [-0.4, -0.2) is 70.7 Å². The van der Waals surface area contributed by atoms with E-state index in [0.29, 0.717) is 11.1 Å². The lowest BCUT2D eigenvalue weighted by molar-refractivity contribution is -0.252. The summed E-state index contributed by atoms with van der Waals surface area (Å²) >= 11 is 0. The van der Waals surface area contributed by atoms with Gasteiger partial charge in [0.15, 0.2) is 6.29 Å². The second-order valence-corrected chi connectivity index (χ2v) is 6.08. The van der Waals surface area contributed by atoms with Crippen LogP contribution < -0.4 is 15.7 Å². The fraction of sp³-hybridized carbons (Fsp3) is 0.412. The minimum absolute atomic E-state index is 0.221. The van der Waals surface area contributed by atoms with Crippen molar-refractivity contribution in [1.29, 1.82) is 0 Å². The Labute approximate surface area is 152 Å². The molecule has 1 aromatic carbocycles. The van der Waals surface area contributed by atoms with Gasteiger partial charge in [-0.3, -0.25) is 4.79 Å². The lowest BCUT2D eigenvalue weighted by atomic mass is 9.97. The van der Waals surface area contributed by atoms with Gasteiger partial charge in [-0.2, -0.15) is 0 Å². The number of hydrogen-bond donors (Lipinski definition) is 5. The maximum Gasteiger partial charge on any atom is 0.349 e. The van der Waals surface area contributed by atoms with Crippen LogP contribution in [0.15, 0.2) is 33.5 Å². The first-order chi connectivity index (χ1) is 12.8. The molecule has 2 heterocycles. The first kappa shape index (κ1) is 19.3. The number of carbonyl (C=O) groups excluding carboxylic acids is 1. The molecule has 1 amide bonds. The highest BCUT2D eigenvalue weighted by atomic mass is 16.6. The number of ether oxygens (including phenoxy) is 2. The van der Waals surface area contributed by atoms with Gasteiger partial charge in [0.1, 0.15) is 41.2 Å². The number of benzene rings is 1. The largest absolute Gasteiger partial charge is 0.497 e. The van der Waals surface area contributed by atoms with Crippen LogP contribution in [-0.2, 0) is 4.74 Å². The minimum atomic E-state index is -1.69. The number of nitrogens with one attached hydrogen (secondary N) is 1. The number of aliphatic hydroxyl groups excluding tert-OH is 4. The lowest BCUT2D eigenvalue weighted by Crippen LogP contribution is -2.64. The van der Waals surface area contributed by atoms with Crippen LogP contribution in [0.1, 0.15) is 10.4 Å². The summed E-state index contributed by atoms with van der Waals surface area (Å²) in [6.45, 7) is -0.631. The van der Waals surface area contributed by atoms with Crippen LogP contribution in [0, 0.1) is 0 Å². The van der Waals surface area contributed by atoms with Crippen LogP contribution in [0.2, 0.25) is 0 Å². The smallest absolute Gasteiger partial charge is 0.349 e. The quantitative estimate of drug-likeness (QED) is 0.390. The first-order valence-electron chi connectivity index (χ1n) is 8.09. The predicted octanol–water partition coefficient (Wildman–Crippen LogP) is -1.67. The highest BCUT2D eigenvalue weighted by Gasteiger charge is 2.44. The summed E-state index contributed by atoms with van der Waals surface area (Å²) in [4.78, 5) is 24.6. The van der Waals surface area contributed by atoms with Gasteiger partial charge < -0.3 is 39.6 Å². The second kappa shape index (κ2) is 7.62. The summed E-state index contributed by atoms with van der Waals surface area (Å²) in [6.07, 6.45) is -6.05. The van der Waals surface area contributed by atoms with Crippen LogP contribution in [0.5, 0.6) is 5.75 Å². The van der Waals surface area contributed by atoms with Crippen molar-refractivity contribution >= 4 is 16.9 Å². The van der Waals surface area contributed by atoms with Crippen molar-refractivity contribution in [1.82, 2.24) is 5.32 Å². The maximum atomic E-state index is 12.4. The molecule has 0 radical (unpaired) electrons. The van der Waals surface area contributed by atoms with Crippen LogP contribution in [0.4, 0.5) is 0 Å². The topological polar surface area (TPSA) is 159 Å². The third-order valence-electron chi connectivity index (χ3n) is 4.39. The summed E-state index contributed by atoms with van der Waals surface area (Å²) < 4.78 is 15.1. The molecule has 5 N–H and O–H groups in total. The van der Waals surface area contributed by atoms with Gasteiger partial charge in [-0.05, 0) is 18.2 Å². The van der Waals surface area contributed by atoms with Gasteiger partial charge in [0.2, 0.25) is 0 Å². The molecule has 0 bridgehead atoms. The summed E-state index contributed by atoms with van der Waals surface area (Å²) in [5.41, 5.74) is -1.06. The molecule has 0 saturated carbocycles. The summed E-state index contributed by atoms with van der Waals surface area (Å²) in [6, 6.07) is 4.59. The monoisotopic (exact) mass is 381 g/mol.